The number of halogens is 1. The number of carbonyl (C=O) groups is 2. The molecule has 1 amide bonds. The number of fused-ring (bicyclic) bond motifs is 1. The second-order valence-electron chi connectivity index (χ2n) is 8.30. The number of hydrogen-bond acceptors (Lipinski definition) is 7. The van der Waals surface area contributed by atoms with Crippen molar-refractivity contribution in [2.45, 2.75) is 20.1 Å². The maximum atomic E-state index is 12.6. The van der Waals surface area contributed by atoms with E-state index in [0.29, 0.717) is 21.3 Å². The zero-order chi connectivity index (χ0) is 26.1. The molecule has 1 atom stereocenters. The molecule has 4 aromatic rings. The highest BCUT2D eigenvalue weighted by atomic mass is 79.9. The number of para-hydroxylation sites is 1. The van der Waals surface area contributed by atoms with E-state index in [-0.39, 0.29) is 17.6 Å². The summed E-state index contributed by atoms with van der Waals surface area (Å²) in [4.78, 5) is 29.0. The summed E-state index contributed by atoms with van der Waals surface area (Å²) in [5.74, 6) is 0.0373. The second kappa shape index (κ2) is 10.0. The third-order valence-corrected chi connectivity index (χ3v) is 6.35. The Bertz CT molecular complexity index is 1550. The molecule has 9 heteroatoms. The van der Waals surface area contributed by atoms with E-state index < -0.39 is 12.2 Å². The third kappa shape index (κ3) is 4.77. The molecule has 0 saturated carbocycles. The highest BCUT2D eigenvalue weighted by Gasteiger charge is 2.35. The first-order chi connectivity index (χ1) is 17.9. The number of carbonyl (C=O) groups excluding carboxylic acids is 2. The molecule has 186 valence electrons. The van der Waals surface area contributed by atoms with Crippen molar-refractivity contribution in [2.75, 3.05) is 7.11 Å². The van der Waals surface area contributed by atoms with Gasteiger partial charge in [0, 0.05) is 35.9 Å². The van der Waals surface area contributed by atoms with Crippen LogP contribution < -0.4 is 9.47 Å². The van der Waals surface area contributed by atoms with Crippen LogP contribution in [-0.4, -0.2) is 34.9 Å². The average molecular weight is 560 g/mol. The van der Waals surface area contributed by atoms with Gasteiger partial charge in [-0.2, -0.15) is 5.01 Å². The van der Waals surface area contributed by atoms with Crippen molar-refractivity contribution in [1.29, 1.82) is 0 Å². The zero-order valence-corrected chi connectivity index (χ0v) is 21.9. The van der Waals surface area contributed by atoms with Gasteiger partial charge in [-0.1, -0.05) is 48.5 Å². The van der Waals surface area contributed by atoms with Crippen LogP contribution in [0.2, 0.25) is 0 Å². The number of ether oxygens (including phenoxy) is 3. The van der Waals surface area contributed by atoms with Crippen LogP contribution in [-0.2, 0) is 14.3 Å². The lowest BCUT2D eigenvalue weighted by atomic mass is 10.0. The molecule has 5 rings (SSSR count). The third-order valence-electron chi connectivity index (χ3n) is 5.77. The maximum absolute atomic E-state index is 12.6. The average Bonchev–Trinajstić information content (AvgIpc) is 3.35. The van der Waals surface area contributed by atoms with Crippen molar-refractivity contribution >= 4 is 44.6 Å². The molecular formula is C28H22BrN3O5. The molecule has 37 heavy (non-hydrogen) atoms. The van der Waals surface area contributed by atoms with Gasteiger partial charge in [0.2, 0.25) is 18.0 Å². The molecule has 0 spiro atoms. The monoisotopic (exact) mass is 559 g/mol. The summed E-state index contributed by atoms with van der Waals surface area (Å²) in [6.45, 7) is 2.72. The maximum Gasteiger partial charge on any atom is 0.308 e. The summed E-state index contributed by atoms with van der Waals surface area (Å²) in [6.07, 6.45) is -0.865. The molecule has 0 unspecified atom stereocenters. The number of hydrogen-bond donors (Lipinski definition) is 0. The summed E-state index contributed by atoms with van der Waals surface area (Å²) in [5.41, 5.74) is 3.77. The number of hydrazone groups is 1. The Labute approximate surface area is 221 Å². The number of esters is 1. The normalized spacial score (nSPS) is 14.8. The van der Waals surface area contributed by atoms with E-state index in [1.165, 1.54) is 26.0 Å². The lowest BCUT2D eigenvalue weighted by Crippen LogP contribution is -2.25. The molecule has 8 nitrogen and oxygen atoms in total. The van der Waals surface area contributed by atoms with Gasteiger partial charge in [-0.15, -0.1) is 5.10 Å². The van der Waals surface area contributed by atoms with Crippen molar-refractivity contribution in [3.8, 4) is 22.8 Å². The summed E-state index contributed by atoms with van der Waals surface area (Å²) < 4.78 is 17.5. The number of methoxy groups -OCH3 is 1. The summed E-state index contributed by atoms with van der Waals surface area (Å²) >= 11 is 3.44. The molecule has 3 aromatic carbocycles. The van der Waals surface area contributed by atoms with Gasteiger partial charge >= 0.3 is 5.97 Å². The molecule has 1 aliphatic rings. The van der Waals surface area contributed by atoms with Gasteiger partial charge in [0.05, 0.1) is 22.8 Å². The van der Waals surface area contributed by atoms with Crippen molar-refractivity contribution < 1.29 is 23.8 Å². The summed E-state index contributed by atoms with van der Waals surface area (Å²) in [5, 5.41) is 6.68. The van der Waals surface area contributed by atoms with Gasteiger partial charge in [0.15, 0.2) is 11.5 Å². The minimum absolute atomic E-state index is 0.236. The lowest BCUT2D eigenvalue weighted by molar-refractivity contribution is -0.135. The van der Waals surface area contributed by atoms with Crippen molar-refractivity contribution in [1.82, 2.24) is 9.99 Å². The quantitative estimate of drug-likeness (QED) is 0.225. The highest BCUT2D eigenvalue weighted by Crippen LogP contribution is 2.41. The van der Waals surface area contributed by atoms with Crippen LogP contribution in [0.15, 0.2) is 82.4 Å². The Morgan fingerprint density at radius 2 is 1.73 bits per heavy atom. The molecule has 1 aliphatic heterocycles. The Balaban J connectivity index is 1.60. The Hall–Kier alpha value is -4.24. The molecule has 0 radical (unpaired) electrons. The molecule has 0 aliphatic carbocycles. The van der Waals surface area contributed by atoms with Crippen molar-refractivity contribution in [2.24, 2.45) is 5.10 Å². The van der Waals surface area contributed by atoms with Gasteiger partial charge in [0.1, 0.15) is 0 Å². The molecule has 0 N–H and O–H groups in total. The fourth-order valence-electron chi connectivity index (χ4n) is 4.13. The molecule has 0 fully saturated rings. The predicted octanol–water partition coefficient (Wildman–Crippen LogP) is 5.84. The summed E-state index contributed by atoms with van der Waals surface area (Å²) in [6, 6.07) is 22.8. The van der Waals surface area contributed by atoms with Crippen LogP contribution in [0.1, 0.15) is 31.2 Å². The number of benzene rings is 3. The van der Waals surface area contributed by atoms with Crippen molar-refractivity contribution in [3.05, 3.63) is 88.4 Å². The Morgan fingerprint density at radius 3 is 2.43 bits per heavy atom. The predicted molar refractivity (Wildman–Crippen MR) is 142 cm³/mol. The molecule has 0 saturated heterocycles. The van der Waals surface area contributed by atoms with Crippen LogP contribution in [0.5, 0.6) is 11.5 Å². The number of rotatable bonds is 5. The molecule has 2 heterocycles. The number of aromatic nitrogens is 1. The van der Waals surface area contributed by atoms with E-state index in [9.17, 15) is 9.59 Å². The number of amides is 1. The van der Waals surface area contributed by atoms with Crippen LogP contribution >= 0.6 is 15.9 Å². The van der Waals surface area contributed by atoms with Gasteiger partial charge < -0.3 is 14.2 Å². The van der Waals surface area contributed by atoms with Crippen LogP contribution in [0.25, 0.3) is 22.2 Å². The number of pyridine rings is 1. The topological polar surface area (TPSA) is 90.3 Å². The SMILES string of the molecule is COc1cc([C@@H]2OC(c3cc(-c4ccccc4)nc4ccccc34)=NN2C(C)=O)cc(Br)c1OC(C)=O. The molecule has 0 bridgehead atoms. The first kappa shape index (κ1) is 24.5. The minimum atomic E-state index is -0.865. The van der Waals surface area contributed by atoms with Gasteiger partial charge in [0.25, 0.3) is 0 Å². The minimum Gasteiger partial charge on any atom is -0.493 e. The van der Waals surface area contributed by atoms with Crippen LogP contribution in [0.3, 0.4) is 0 Å². The fraction of sp³-hybridized carbons (Fsp3) is 0.143. The van der Waals surface area contributed by atoms with Crippen LogP contribution in [0.4, 0.5) is 0 Å². The smallest absolute Gasteiger partial charge is 0.308 e. The molecule has 1 aromatic heterocycles. The van der Waals surface area contributed by atoms with E-state index >= 15 is 0 Å². The first-order valence-electron chi connectivity index (χ1n) is 11.4. The van der Waals surface area contributed by atoms with E-state index in [1.807, 2.05) is 60.7 Å². The van der Waals surface area contributed by atoms with Crippen molar-refractivity contribution in [3.63, 3.8) is 0 Å². The zero-order valence-electron chi connectivity index (χ0n) is 20.3. The van der Waals surface area contributed by atoms with Gasteiger partial charge in [-0.05, 0) is 40.2 Å². The van der Waals surface area contributed by atoms with Crippen LogP contribution in [0, 0.1) is 0 Å². The lowest BCUT2D eigenvalue weighted by Gasteiger charge is -2.21. The van der Waals surface area contributed by atoms with Gasteiger partial charge in [-0.25, -0.2) is 4.98 Å². The van der Waals surface area contributed by atoms with E-state index in [0.717, 1.165) is 22.2 Å². The highest BCUT2D eigenvalue weighted by molar-refractivity contribution is 9.10. The standard InChI is InChI=1S/C28H22BrN3O5/c1-16(33)32-28(19-13-22(29)26(36-17(2)34)25(14-19)35-3)37-27(31-32)21-15-24(18-9-5-4-6-10-18)30-23-12-8-7-11-20(21)23/h4-15,28H,1-3H3/t28-/m0/s1. The molecular weight excluding hydrogens is 538 g/mol. The van der Waals surface area contributed by atoms with E-state index in [2.05, 4.69) is 21.0 Å². The Morgan fingerprint density at radius 1 is 1.00 bits per heavy atom. The second-order valence-corrected chi connectivity index (χ2v) is 9.16. The first-order valence-corrected chi connectivity index (χ1v) is 12.2. The Kier molecular flexibility index (Phi) is 6.62. The van der Waals surface area contributed by atoms with Gasteiger partial charge in [-0.3, -0.25) is 9.59 Å². The van der Waals surface area contributed by atoms with E-state index in [1.54, 1.807) is 12.1 Å². The largest absolute Gasteiger partial charge is 0.493 e. The fourth-order valence-corrected chi connectivity index (χ4v) is 4.67. The number of nitrogens with zero attached hydrogens (tertiary/aromatic N) is 3. The summed E-state index contributed by atoms with van der Waals surface area (Å²) in [7, 11) is 1.47. The van der Waals surface area contributed by atoms with E-state index in [4.69, 9.17) is 19.2 Å².